The average Bonchev–Trinajstić information content (AvgIpc) is 2.40. The number of hydrogen-bond donors (Lipinski definition) is 1. The van der Waals surface area contributed by atoms with Gasteiger partial charge in [0, 0.05) is 4.90 Å². The molecule has 0 aliphatic rings. The Morgan fingerprint density at radius 2 is 1.76 bits per heavy atom. The van der Waals surface area contributed by atoms with Gasteiger partial charge in [-0.1, -0.05) is 41.4 Å². The second kappa shape index (κ2) is 7.01. The van der Waals surface area contributed by atoms with E-state index >= 15 is 0 Å². The summed E-state index contributed by atoms with van der Waals surface area (Å²) in [7, 11) is 0. The standard InChI is InChI=1S/C17H18ClNOS/c1-11-8-12(2)17(13(3)9-11)21-10-16(20)19-15-7-5-4-6-14(15)18/h4-9H,10H2,1-3H3,(H,19,20). The van der Waals surface area contributed by atoms with E-state index in [1.807, 2.05) is 12.1 Å². The molecule has 0 aliphatic carbocycles. The number of halogens is 1. The van der Waals surface area contributed by atoms with Crippen molar-refractivity contribution in [2.45, 2.75) is 25.7 Å². The predicted molar refractivity (Wildman–Crippen MR) is 91.5 cm³/mol. The average molecular weight is 320 g/mol. The zero-order chi connectivity index (χ0) is 15.4. The topological polar surface area (TPSA) is 29.1 Å². The normalized spacial score (nSPS) is 10.5. The van der Waals surface area contributed by atoms with E-state index in [2.05, 4.69) is 38.2 Å². The van der Waals surface area contributed by atoms with Gasteiger partial charge in [0.05, 0.1) is 16.5 Å². The third-order valence-corrected chi connectivity index (χ3v) is 4.77. The quantitative estimate of drug-likeness (QED) is 0.804. The summed E-state index contributed by atoms with van der Waals surface area (Å²) in [5.74, 6) is 0.322. The van der Waals surface area contributed by atoms with E-state index in [1.165, 1.54) is 21.6 Å². The van der Waals surface area contributed by atoms with Gasteiger partial charge in [0.2, 0.25) is 5.91 Å². The molecular formula is C17H18ClNOS. The van der Waals surface area contributed by atoms with Gasteiger partial charge in [-0.3, -0.25) is 4.79 Å². The molecule has 2 nitrogen and oxygen atoms in total. The van der Waals surface area contributed by atoms with Gasteiger partial charge in [0.25, 0.3) is 0 Å². The van der Waals surface area contributed by atoms with Crippen LogP contribution < -0.4 is 5.32 Å². The van der Waals surface area contributed by atoms with E-state index in [-0.39, 0.29) is 5.91 Å². The summed E-state index contributed by atoms with van der Waals surface area (Å²) >= 11 is 7.59. The molecule has 0 saturated heterocycles. The number of carbonyl (C=O) groups excluding carboxylic acids is 1. The van der Waals surface area contributed by atoms with Crippen molar-refractivity contribution in [3.05, 3.63) is 58.1 Å². The van der Waals surface area contributed by atoms with Gasteiger partial charge in [-0.05, 0) is 44.0 Å². The Labute approximate surface area is 134 Å². The van der Waals surface area contributed by atoms with Crippen molar-refractivity contribution in [3.63, 3.8) is 0 Å². The molecule has 0 spiro atoms. The first-order valence-electron chi connectivity index (χ1n) is 6.72. The van der Waals surface area contributed by atoms with Gasteiger partial charge in [-0.15, -0.1) is 11.8 Å². The minimum Gasteiger partial charge on any atom is -0.324 e. The van der Waals surface area contributed by atoms with Crippen LogP contribution in [0.3, 0.4) is 0 Å². The summed E-state index contributed by atoms with van der Waals surface area (Å²) in [5.41, 5.74) is 4.32. The van der Waals surface area contributed by atoms with Gasteiger partial charge in [-0.25, -0.2) is 0 Å². The van der Waals surface area contributed by atoms with Crippen molar-refractivity contribution in [2.75, 3.05) is 11.1 Å². The van der Waals surface area contributed by atoms with Crippen LogP contribution in [-0.2, 0) is 4.79 Å². The maximum atomic E-state index is 12.0. The van der Waals surface area contributed by atoms with E-state index in [4.69, 9.17) is 11.6 Å². The Morgan fingerprint density at radius 3 is 2.38 bits per heavy atom. The second-order valence-corrected chi connectivity index (χ2v) is 6.44. The van der Waals surface area contributed by atoms with Crippen molar-refractivity contribution in [3.8, 4) is 0 Å². The van der Waals surface area contributed by atoms with Crippen LogP contribution in [0.2, 0.25) is 5.02 Å². The number of para-hydroxylation sites is 1. The zero-order valence-electron chi connectivity index (χ0n) is 12.4. The first-order valence-corrected chi connectivity index (χ1v) is 8.09. The third kappa shape index (κ3) is 4.26. The molecule has 0 aromatic heterocycles. The van der Waals surface area contributed by atoms with Crippen LogP contribution in [0.25, 0.3) is 0 Å². The Kier molecular flexibility index (Phi) is 5.32. The molecule has 0 aliphatic heterocycles. The highest BCUT2D eigenvalue weighted by molar-refractivity contribution is 8.00. The highest BCUT2D eigenvalue weighted by Crippen LogP contribution is 2.28. The van der Waals surface area contributed by atoms with E-state index in [0.29, 0.717) is 16.5 Å². The predicted octanol–water partition coefficient (Wildman–Crippen LogP) is 5.00. The van der Waals surface area contributed by atoms with Crippen LogP contribution >= 0.6 is 23.4 Å². The van der Waals surface area contributed by atoms with Crippen molar-refractivity contribution in [2.24, 2.45) is 0 Å². The molecule has 0 atom stereocenters. The van der Waals surface area contributed by atoms with Gasteiger partial charge in [-0.2, -0.15) is 0 Å². The number of amides is 1. The number of benzene rings is 2. The number of carbonyl (C=O) groups is 1. The highest BCUT2D eigenvalue weighted by Gasteiger charge is 2.09. The number of anilines is 1. The van der Waals surface area contributed by atoms with Crippen LogP contribution in [-0.4, -0.2) is 11.7 Å². The smallest absolute Gasteiger partial charge is 0.234 e. The summed E-state index contributed by atoms with van der Waals surface area (Å²) in [6.45, 7) is 6.24. The number of rotatable bonds is 4. The van der Waals surface area contributed by atoms with E-state index in [9.17, 15) is 4.79 Å². The van der Waals surface area contributed by atoms with Gasteiger partial charge >= 0.3 is 0 Å². The van der Waals surface area contributed by atoms with Crippen molar-refractivity contribution < 1.29 is 4.79 Å². The molecule has 0 saturated carbocycles. The van der Waals surface area contributed by atoms with Gasteiger partial charge < -0.3 is 5.32 Å². The molecule has 0 radical (unpaired) electrons. The number of thioether (sulfide) groups is 1. The minimum atomic E-state index is -0.0486. The maximum Gasteiger partial charge on any atom is 0.234 e. The molecule has 0 heterocycles. The summed E-state index contributed by atoms with van der Waals surface area (Å²) in [6, 6.07) is 11.5. The Bertz CT molecular complexity index is 647. The first kappa shape index (κ1) is 15.9. The number of hydrogen-bond acceptors (Lipinski definition) is 2. The summed E-state index contributed by atoms with van der Waals surface area (Å²) in [6.07, 6.45) is 0. The SMILES string of the molecule is Cc1cc(C)c(SCC(=O)Nc2ccccc2Cl)c(C)c1. The molecule has 2 aromatic carbocycles. The molecule has 0 fully saturated rings. The Hall–Kier alpha value is -1.45. The largest absolute Gasteiger partial charge is 0.324 e. The van der Waals surface area contributed by atoms with Gasteiger partial charge in [0.1, 0.15) is 0 Å². The van der Waals surface area contributed by atoms with Crippen molar-refractivity contribution >= 4 is 35.0 Å². The molecule has 1 amide bonds. The highest BCUT2D eigenvalue weighted by atomic mass is 35.5. The summed E-state index contributed by atoms with van der Waals surface area (Å²) in [5, 5.41) is 3.39. The number of aryl methyl sites for hydroxylation is 3. The zero-order valence-corrected chi connectivity index (χ0v) is 13.9. The Morgan fingerprint density at radius 1 is 1.14 bits per heavy atom. The lowest BCUT2D eigenvalue weighted by Gasteiger charge is -2.11. The van der Waals surface area contributed by atoms with Crippen LogP contribution in [0, 0.1) is 20.8 Å². The molecule has 0 bridgehead atoms. The van der Waals surface area contributed by atoms with Crippen molar-refractivity contribution in [1.82, 2.24) is 0 Å². The third-order valence-electron chi connectivity index (χ3n) is 3.10. The lowest BCUT2D eigenvalue weighted by molar-refractivity contribution is -0.113. The van der Waals surface area contributed by atoms with E-state index < -0.39 is 0 Å². The molecule has 2 rings (SSSR count). The Balaban J connectivity index is 2.01. The molecule has 0 unspecified atom stereocenters. The molecule has 110 valence electrons. The van der Waals surface area contributed by atoms with Crippen LogP contribution in [0.5, 0.6) is 0 Å². The monoisotopic (exact) mass is 319 g/mol. The summed E-state index contributed by atoms with van der Waals surface area (Å²) in [4.78, 5) is 13.2. The van der Waals surface area contributed by atoms with E-state index in [1.54, 1.807) is 23.9 Å². The molecule has 21 heavy (non-hydrogen) atoms. The van der Waals surface area contributed by atoms with Crippen molar-refractivity contribution in [1.29, 1.82) is 0 Å². The molecule has 1 N–H and O–H groups in total. The van der Waals surface area contributed by atoms with Crippen LogP contribution in [0.15, 0.2) is 41.3 Å². The molecule has 2 aromatic rings. The second-order valence-electron chi connectivity index (χ2n) is 5.04. The fourth-order valence-corrected chi connectivity index (χ4v) is 3.38. The van der Waals surface area contributed by atoms with Crippen LogP contribution in [0.1, 0.15) is 16.7 Å². The molecule has 4 heteroatoms. The maximum absolute atomic E-state index is 12.0. The molecular weight excluding hydrogens is 302 g/mol. The lowest BCUT2D eigenvalue weighted by atomic mass is 10.1. The fraction of sp³-hybridized carbons (Fsp3) is 0.235. The van der Waals surface area contributed by atoms with Crippen LogP contribution in [0.4, 0.5) is 5.69 Å². The summed E-state index contributed by atoms with van der Waals surface area (Å²) < 4.78 is 0. The first-order chi connectivity index (χ1) is 9.97. The minimum absolute atomic E-state index is 0.0486. The fourth-order valence-electron chi connectivity index (χ4n) is 2.28. The van der Waals surface area contributed by atoms with E-state index in [0.717, 1.165) is 0 Å². The van der Waals surface area contributed by atoms with Gasteiger partial charge in [0.15, 0.2) is 0 Å². The lowest BCUT2D eigenvalue weighted by Crippen LogP contribution is -2.14. The number of nitrogens with one attached hydrogen (secondary N) is 1.